The van der Waals surface area contributed by atoms with Crippen molar-refractivity contribution in [2.45, 2.75) is 264 Å². The van der Waals surface area contributed by atoms with Crippen LogP contribution in [0, 0.1) is 71.0 Å². The molecule has 0 aromatic carbocycles. The van der Waals surface area contributed by atoms with E-state index in [-0.39, 0.29) is 151 Å². The fourth-order valence-electron chi connectivity index (χ4n) is 16.7. The van der Waals surface area contributed by atoms with Crippen LogP contribution in [0.15, 0.2) is 0 Å². The molecule has 0 unspecified atom stereocenters. The van der Waals surface area contributed by atoms with Crippen LogP contribution in [0.4, 0.5) is 0 Å². The van der Waals surface area contributed by atoms with E-state index in [2.05, 4.69) is 79.8 Å². The zero-order valence-corrected chi connectivity index (χ0v) is 62.5. The van der Waals surface area contributed by atoms with Crippen molar-refractivity contribution < 1.29 is 57.5 Å². The average Bonchev–Trinajstić information content (AvgIpc) is 1.68. The molecule has 0 aromatic heterocycles. The number of carbonyl (C=O) groups is 12. The third kappa shape index (κ3) is 25.9. The van der Waals surface area contributed by atoms with Crippen LogP contribution >= 0.6 is 0 Å². The van der Waals surface area contributed by atoms with E-state index in [0.717, 1.165) is 32.1 Å². The molecule has 4 heterocycles. The van der Waals surface area contributed by atoms with Gasteiger partial charge in [0.05, 0.1) is 65.6 Å². The van der Waals surface area contributed by atoms with E-state index >= 15 is 0 Å². The monoisotopic (exact) mass is 1430 g/mol. The third-order valence-corrected chi connectivity index (χ3v) is 21.6. The molecule has 0 spiro atoms. The van der Waals surface area contributed by atoms with Crippen molar-refractivity contribution in [3.05, 3.63) is 0 Å². The Kier molecular flexibility index (Phi) is 32.5. The summed E-state index contributed by atoms with van der Waals surface area (Å²) in [5.74, 6) is -6.62. The summed E-state index contributed by atoms with van der Waals surface area (Å²) < 4.78 is 0. The number of primary amides is 1. The molecule has 4 aliphatic heterocycles. The molecule has 19 N–H and O–H groups in total. The zero-order valence-electron chi connectivity index (χ0n) is 62.5. The molecule has 19 atom stereocenters. The van der Waals surface area contributed by atoms with E-state index < -0.39 is 102 Å². The SMILES string of the molecule is CC(C)C[C@@H](CC(=O)N[C@H]1CNC[C@@H]1C(=O)N[C@H](CC(=O)N[C@H]1CNC[C@@H]1C(=O)N[C@H](CC(=O)N[C@H]1CCC[C@@H]1C(=O)N[C@H]1CNC[C@@H]1C(N)=O)CC(C)C)CC(C)C)NC(=O)C[C@H](CC(C)C)NC(=O)[C@H]1CNC[C@@H]1NC(=O)C[C@H](CC(C)C)NC(=O)[C@H]1CCC[C@@H]1NC(=O)[C@H]1CCC[C@@H]1N. The molecule has 3 saturated carbocycles. The Balaban J connectivity index is 0.863. The van der Waals surface area contributed by atoms with Gasteiger partial charge in [-0.05, 0) is 100 Å². The lowest BCUT2D eigenvalue weighted by Gasteiger charge is -2.28. The van der Waals surface area contributed by atoms with E-state index in [1.165, 1.54) is 0 Å². The summed E-state index contributed by atoms with van der Waals surface area (Å²) in [5.41, 5.74) is 11.8. The molecule has 4 saturated heterocycles. The molecular formula is C73H127N17O12. The van der Waals surface area contributed by atoms with Gasteiger partial charge < -0.3 is 91.2 Å². The van der Waals surface area contributed by atoms with Gasteiger partial charge in [0.2, 0.25) is 70.9 Å². The molecule has 3 aliphatic carbocycles. The lowest BCUT2D eigenvalue weighted by Crippen LogP contribution is -2.52. The molecular weight excluding hydrogens is 1310 g/mol. The van der Waals surface area contributed by atoms with Crippen LogP contribution in [0.3, 0.4) is 0 Å². The molecule has 7 aliphatic rings. The van der Waals surface area contributed by atoms with Gasteiger partial charge in [0.1, 0.15) is 0 Å². The van der Waals surface area contributed by atoms with Gasteiger partial charge in [-0.15, -0.1) is 0 Å². The summed E-state index contributed by atoms with van der Waals surface area (Å²) >= 11 is 0. The minimum Gasteiger partial charge on any atom is -0.369 e. The Morgan fingerprint density at radius 3 is 0.902 bits per heavy atom. The number of hydrogen-bond donors (Lipinski definition) is 17. The number of nitrogens with one attached hydrogen (secondary N) is 15. The molecule has 576 valence electrons. The van der Waals surface area contributed by atoms with Crippen LogP contribution in [0.2, 0.25) is 0 Å². The quantitative estimate of drug-likeness (QED) is 0.0374. The van der Waals surface area contributed by atoms with Gasteiger partial charge >= 0.3 is 0 Å². The second kappa shape index (κ2) is 40.1. The average molecular weight is 1430 g/mol. The zero-order chi connectivity index (χ0) is 74.5. The Morgan fingerprint density at radius 1 is 0.294 bits per heavy atom. The molecule has 29 nitrogen and oxygen atoms in total. The van der Waals surface area contributed by atoms with Crippen molar-refractivity contribution in [3.8, 4) is 0 Å². The highest BCUT2D eigenvalue weighted by Gasteiger charge is 2.44. The van der Waals surface area contributed by atoms with E-state index in [4.69, 9.17) is 11.5 Å². The standard InChI is InChI=1S/C73H127N17O12/c1-38(2)20-43(80-62(91)26-44(21-39(3)4)82-71(100)53-32-78-36-60(53)87-65(94)28-45(22-40(5)6)81-69(98)50-16-13-19-57(50)89-68(97)48-14-11-17-55(48)74)25-64(93)86-59-35-77-31-52(59)73(102)84-47(24-42(9)10)29-66(95)88-61-37-79-33-54(61)72(101)83-46(23-41(7)8)27-63(92)85-56-18-12-15-49(56)70(99)90-58-34-76-30-51(58)67(75)96/h38-61,76-79H,11-37,74H2,1-10H3,(H2,75,96)(H,80,91)(H,81,98)(H,82,100)(H,83,101)(H,84,102)(H,85,92)(H,86,93)(H,87,94)(H,88,95)(H,89,97)(H,90,99)/t43-,44-,45-,46-,47-,48-,49-,50-,51-,52-,53-,54-,55-,56-,57-,58-,59-,60-,61-/m0/s1. The summed E-state index contributed by atoms with van der Waals surface area (Å²) in [5, 5.41) is 46.7. The Bertz CT molecular complexity index is 2860. The summed E-state index contributed by atoms with van der Waals surface area (Å²) in [7, 11) is 0. The van der Waals surface area contributed by atoms with Gasteiger partial charge in [-0.3, -0.25) is 57.5 Å². The van der Waals surface area contributed by atoms with Gasteiger partial charge in [0.15, 0.2) is 0 Å². The van der Waals surface area contributed by atoms with Crippen molar-refractivity contribution in [2.24, 2.45) is 82.5 Å². The molecule has 0 bridgehead atoms. The van der Waals surface area contributed by atoms with Crippen LogP contribution < -0.4 is 91.2 Å². The largest absolute Gasteiger partial charge is 0.369 e. The number of rotatable bonds is 38. The Labute approximate surface area is 604 Å². The van der Waals surface area contributed by atoms with Gasteiger partial charge in [0, 0.05) is 133 Å². The summed E-state index contributed by atoms with van der Waals surface area (Å²) in [6.45, 7) is 22.7. The van der Waals surface area contributed by atoms with Crippen LogP contribution in [-0.2, 0) is 57.5 Å². The lowest BCUT2D eigenvalue weighted by molar-refractivity contribution is -0.131. The van der Waals surface area contributed by atoms with Crippen molar-refractivity contribution in [1.29, 1.82) is 0 Å². The summed E-state index contributed by atoms with van der Waals surface area (Å²) in [6, 6.07) is -5.71. The van der Waals surface area contributed by atoms with E-state index in [0.29, 0.717) is 104 Å². The number of carbonyl (C=O) groups excluding carboxylic acids is 12. The summed E-state index contributed by atoms with van der Waals surface area (Å²) in [4.78, 5) is 164. The maximum Gasteiger partial charge on any atom is 0.226 e. The fourth-order valence-corrected chi connectivity index (χ4v) is 16.7. The molecule has 7 rings (SSSR count). The lowest BCUT2D eigenvalue weighted by atomic mass is 9.95. The Morgan fingerprint density at radius 2 is 0.559 bits per heavy atom. The summed E-state index contributed by atoms with van der Waals surface area (Å²) in [6.07, 6.45) is 8.85. The van der Waals surface area contributed by atoms with Gasteiger partial charge in [-0.2, -0.15) is 0 Å². The fraction of sp³-hybridized carbons (Fsp3) is 0.836. The van der Waals surface area contributed by atoms with Crippen molar-refractivity contribution >= 4 is 70.9 Å². The van der Waals surface area contributed by atoms with Crippen LogP contribution in [-0.4, -0.2) is 196 Å². The second-order valence-corrected chi connectivity index (χ2v) is 32.9. The van der Waals surface area contributed by atoms with Crippen molar-refractivity contribution in [3.63, 3.8) is 0 Å². The number of nitrogens with two attached hydrogens (primary N) is 2. The van der Waals surface area contributed by atoms with E-state index in [1.54, 1.807) is 0 Å². The maximum absolute atomic E-state index is 14.2. The van der Waals surface area contributed by atoms with Gasteiger partial charge in [0.25, 0.3) is 0 Å². The molecule has 0 aromatic rings. The smallest absolute Gasteiger partial charge is 0.226 e. The maximum atomic E-state index is 14.2. The van der Waals surface area contributed by atoms with Crippen molar-refractivity contribution in [2.75, 3.05) is 52.4 Å². The highest BCUT2D eigenvalue weighted by atomic mass is 16.2. The van der Waals surface area contributed by atoms with E-state index in [9.17, 15) is 57.5 Å². The normalized spacial score (nSPS) is 28.5. The highest BCUT2D eigenvalue weighted by molar-refractivity contribution is 5.89. The van der Waals surface area contributed by atoms with Crippen LogP contribution in [0.1, 0.15) is 191 Å². The third-order valence-electron chi connectivity index (χ3n) is 21.6. The number of hydrogen-bond acceptors (Lipinski definition) is 17. The van der Waals surface area contributed by atoms with Gasteiger partial charge in [-0.1, -0.05) is 88.5 Å². The first-order valence-corrected chi connectivity index (χ1v) is 38.6. The van der Waals surface area contributed by atoms with Gasteiger partial charge in [-0.25, -0.2) is 0 Å². The minimum atomic E-state index is -0.675. The molecule has 12 amide bonds. The highest BCUT2D eigenvalue weighted by Crippen LogP contribution is 2.31. The van der Waals surface area contributed by atoms with Crippen LogP contribution in [0.5, 0.6) is 0 Å². The first-order valence-electron chi connectivity index (χ1n) is 38.6. The first-order chi connectivity index (χ1) is 48.4. The predicted molar refractivity (Wildman–Crippen MR) is 386 cm³/mol. The van der Waals surface area contributed by atoms with Crippen molar-refractivity contribution in [1.82, 2.24) is 79.8 Å². The molecule has 29 heteroatoms. The predicted octanol–water partition coefficient (Wildman–Crippen LogP) is -0.409. The Hall–Kier alpha value is -6.56. The molecule has 102 heavy (non-hydrogen) atoms. The first kappa shape index (κ1) is 82.7. The van der Waals surface area contributed by atoms with Crippen LogP contribution in [0.25, 0.3) is 0 Å². The topological polar surface area (TPSA) is 437 Å². The van der Waals surface area contributed by atoms with E-state index in [1.807, 2.05) is 69.2 Å². The second-order valence-electron chi connectivity index (χ2n) is 32.9. The number of amides is 12. The molecule has 7 fully saturated rings. The minimum absolute atomic E-state index is 0.00781. The molecule has 0 radical (unpaired) electrons.